The lowest BCUT2D eigenvalue weighted by molar-refractivity contribution is -0.116. The second-order valence-corrected chi connectivity index (χ2v) is 5.35. The predicted octanol–water partition coefficient (Wildman–Crippen LogP) is 1.94. The number of amides is 2. The lowest BCUT2D eigenvalue weighted by Crippen LogP contribution is -2.27. The molecule has 2 aromatic rings. The van der Waals surface area contributed by atoms with Crippen molar-refractivity contribution < 1.29 is 9.59 Å². The van der Waals surface area contributed by atoms with Gasteiger partial charge in [0, 0.05) is 42.3 Å². The fourth-order valence-corrected chi connectivity index (χ4v) is 1.94. The molecule has 0 saturated carbocycles. The summed E-state index contributed by atoms with van der Waals surface area (Å²) in [4.78, 5) is 23.5. The number of anilines is 1. The van der Waals surface area contributed by atoms with E-state index in [0.717, 1.165) is 4.47 Å². The van der Waals surface area contributed by atoms with Gasteiger partial charge in [-0.25, -0.2) is 0 Å². The van der Waals surface area contributed by atoms with E-state index in [4.69, 9.17) is 0 Å². The normalized spacial score (nSPS) is 10.2. The minimum Gasteiger partial charge on any atom is -0.352 e. The van der Waals surface area contributed by atoms with E-state index in [0.29, 0.717) is 11.4 Å². The van der Waals surface area contributed by atoms with E-state index in [-0.39, 0.29) is 24.8 Å². The number of carbonyl (C=O) groups excluding carboxylic acids is 2. The number of carbonyl (C=O) groups is 2. The Labute approximate surface area is 130 Å². The number of nitrogens with one attached hydrogen (secondary N) is 2. The van der Waals surface area contributed by atoms with Crippen LogP contribution in [0.1, 0.15) is 16.8 Å². The van der Waals surface area contributed by atoms with Gasteiger partial charge in [-0.3, -0.25) is 14.3 Å². The number of rotatable bonds is 5. The maximum atomic E-state index is 11.8. The molecule has 2 amide bonds. The second kappa shape index (κ2) is 7.03. The summed E-state index contributed by atoms with van der Waals surface area (Å²) in [6, 6.07) is 8.73. The highest BCUT2D eigenvalue weighted by Gasteiger charge is 2.07. The van der Waals surface area contributed by atoms with E-state index in [9.17, 15) is 9.59 Å². The molecular weight excluding hydrogens is 336 g/mol. The van der Waals surface area contributed by atoms with Crippen molar-refractivity contribution in [2.24, 2.45) is 7.05 Å². The maximum Gasteiger partial charge on any atom is 0.251 e. The van der Waals surface area contributed by atoms with Crippen LogP contribution in [0, 0.1) is 0 Å². The number of aromatic nitrogens is 2. The Balaban J connectivity index is 1.74. The summed E-state index contributed by atoms with van der Waals surface area (Å²) < 4.78 is 2.51. The molecule has 2 N–H and O–H groups in total. The third-order valence-corrected chi connectivity index (χ3v) is 3.25. The van der Waals surface area contributed by atoms with E-state index in [1.165, 1.54) is 0 Å². The molecule has 7 heteroatoms. The summed E-state index contributed by atoms with van der Waals surface area (Å²) in [5.74, 6) is 0.111. The van der Waals surface area contributed by atoms with E-state index in [1.807, 2.05) is 0 Å². The van der Waals surface area contributed by atoms with Crippen molar-refractivity contribution in [3.8, 4) is 0 Å². The number of nitrogens with zero attached hydrogens (tertiary/aromatic N) is 2. The summed E-state index contributed by atoms with van der Waals surface area (Å²) in [7, 11) is 1.77. The van der Waals surface area contributed by atoms with Crippen LogP contribution < -0.4 is 10.6 Å². The highest BCUT2D eigenvalue weighted by molar-refractivity contribution is 9.10. The summed E-state index contributed by atoms with van der Waals surface area (Å²) in [6.45, 7) is 0.271. The average Bonchev–Trinajstić information content (AvgIpc) is 2.84. The van der Waals surface area contributed by atoms with Crippen molar-refractivity contribution in [1.29, 1.82) is 0 Å². The molecule has 110 valence electrons. The van der Waals surface area contributed by atoms with Gasteiger partial charge < -0.3 is 10.6 Å². The van der Waals surface area contributed by atoms with Crippen molar-refractivity contribution in [2.75, 3.05) is 11.9 Å². The van der Waals surface area contributed by atoms with Crippen molar-refractivity contribution >= 4 is 33.6 Å². The molecule has 0 fully saturated rings. The lowest BCUT2D eigenvalue weighted by atomic mass is 10.2. The molecule has 0 atom stereocenters. The first-order valence-corrected chi connectivity index (χ1v) is 7.17. The van der Waals surface area contributed by atoms with Crippen LogP contribution in [0.2, 0.25) is 0 Å². The highest BCUT2D eigenvalue weighted by atomic mass is 79.9. The molecule has 0 spiro atoms. The van der Waals surface area contributed by atoms with E-state index in [2.05, 4.69) is 31.7 Å². The van der Waals surface area contributed by atoms with Gasteiger partial charge in [-0.1, -0.05) is 15.9 Å². The number of benzene rings is 1. The molecule has 6 nitrogen and oxygen atoms in total. The zero-order chi connectivity index (χ0) is 15.2. The molecule has 2 rings (SSSR count). The molecular formula is C14H15BrN4O2. The highest BCUT2D eigenvalue weighted by Crippen LogP contribution is 2.10. The van der Waals surface area contributed by atoms with Gasteiger partial charge in [0.05, 0.1) is 0 Å². The van der Waals surface area contributed by atoms with Crippen LogP contribution in [0.3, 0.4) is 0 Å². The van der Waals surface area contributed by atoms with Crippen LogP contribution in [-0.2, 0) is 11.8 Å². The zero-order valence-corrected chi connectivity index (χ0v) is 13.1. The zero-order valence-electron chi connectivity index (χ0n) is 11.5. The van der Waals surface area contributed by atoms with Gasteiger partial charge in [-0.2, -0.15) is 5.10 Å². The fraction of sp³-hybridized carbons (Fsp3) is 0.214. The van der Waals surface area contributed by atoms with Gasteiger partial charge in [0.15, 0.2) is 5.82 Å². The Bertz CT molecular complexity index is 637. The summed E-state index contributed by atoms with van der Waals surface area (Å²) in [6.07, 6.45) is 1.93. The molecule has 0 radical (unpaired) electrons. The lowest BCUT2D eigenvalue weighted by Gasteiger charge is -2.05. The molecule has 0 saturated heterocycles. The monoisotopic (exact) mass is 350 g/mol. The van der Waals surface area contributed by atoms with Crippen molar-refractivity contribution in [2.45, 2.75) is 6.42 Å². The Morgan fingerprint density at radius 1 is 1.24 bits per heavy atom. The maximum absolute atomic E-state index is 11.8. The minimum absolute atomic E-state index is 0.190. The molecule has 0 aliphatic heterocycles. The Hall–Kier alpha value is -2.15. The molecule has 0 aliphatic carbocycles. The van der Waals surface area contributed by atoms with Crippen molar-refractivity contribution in [3.63, 3.8) is 0 Å². The first-order chi connectivity index (χ1) is 10.0. The van der Waals surface area contributed by atoms with Crippen LogP contribution in [0.15, 0.2) is 41.0 Å². The standard InChI is InChI=1S/C14H15BrN4O2/c1-19-9-7-12(18-19)17-13(20)6-8-16-14(21)10-2-4-11(15)5-3-10/h2-5,7,9H,6,8H2,1H3,(H,16,21)(H,17,18,20). The molecule has 1 heterocycles. The quantitative estimate of drug-likeness (QED) is 0.865. The van der Waals surface area contributed by atoms with Gasteiger partial charge >= 0.3 is 0 Å². The third-order valence-electron chi connectivity index (χ3n) is 2.73. The van der Waals surface area contributed by atoms with Gasteiger partial charge in [-0.15, -0.1) is 0 Å². The van der Waals surface area contributed by atoms with Gasteiger partial charge in [0.25, 0.3) is 5.91 Å². The van der Waals surface area contributed by atoms with Gasteiger partial charge in [0.2, 0.25) is 5.91 Å². The Morgan fingerprint density at radius 3 is 2.57 bits per heavy atom. The topological polar surface area (TPSA) is 76.0 Å². The summed E-state index contributed by atoms with van der Waals surface area (Å²) in [5, 5.41) is 9.40. The average molecular weight is 351 g/mol. The largest absolute Gasteiger partial charge is 0.352 e. The third kappa shape index (κ3) is 4.71. The summed E-state index contributed by atoms with van der Waals surface area (Å²) in [5.41, 5.74) is 0.559. The van der Waals surface area contributed by atoms with Crippen molar-refractivity contribution in [1.82, 2.24) is 15.1 Å². The summed E-state index contributed by atoms with van der Waals surface area (Å²) >= 11 is 3.31. The van der Waals surface area contributed by atoms with Crippen LogP contribution in [-0.4, -0.2) is 28.1 Å². The Morgan fingerprint density at radius 2 is 1.95 bits per heavy atom. The van der Waals surface area contributed by atoms with E-state index >= 15 is 0 Å². The smallest absolute Gasteiger partial charge is 0.251 e. The first kappa shape index (κ1) is 15.2. The predicted molar refractivity (Wildman–Crippen MR) is 82.9 cm³/mol. The first-order valence-electron chi connectivity index (χ1n) is 6.38. The molecule has 1 aromatic heterocycles. The van der Waals surface area contributed by atoms with Gasteiger partial charge in [-0.05, 0) is 24.3 Å². The number of aryl methyl sites for hydroxylation is 1. The van der Waals surface area contributed by atoms with Crippen molar-refractivity contribution in [3.05, 3.63) is 46.6 Å². The molecule has 0 aliphatic rings. The minimum atomic E-state index is -0.201. The molecule has 21 heavy (non-hydrogen) atoms. The van der Waals surface area contributed by atoms with Crippen LogP contribution in [0.5, 0.6) is 0 Å². The second-order valence-electron chi connectivity index (χ2n) is 4.44. The van der Waals surface area contributed by atoms with E-state index in [1.54, 1.807) is 48.3 Å². The molecule has 1 aromatic carbocycles. The van der Waals surface area contributed by atoms with Crippen LogP contribution >= 0.6 is 15.9 Å². The van der Waals surface area contributed by atoms with Gasteiger partial charge in [0.1, 0.15) is 0 Å². The Kier molecular flexibility index (Phi) is 5.10. The van der Waals surface area contributed by atoms with E-state index < -0.39 is 0 Å². The number of hydrogen-bond donors (Lipinski definition) is 2. The molecule has 0 unspecified atom stereocenters. The number of halogens is 1. The SMILES string of the molecule is Cn1ccc(NC(=O)CCNC(=O)c2ccc(Br)cc2)n1. The van der Waals surface area contributed by atoms with Crippen LogP contribution in [0.25, 0.3) is 0 Å². The number of hydrogen-bond acceptors (Lipinski definition) is 3. The van der Waals surface area contributed by atoms with Crippen LogP contribution in [0.4, 0.5) is 5.82 Å². The fourth-order valence-electron chi connectivity index (χ4n) is 1.68. The molecule has 0 bridgehead atoms.